The molecule has 0 aliphatic heterocycles. The third kappa shape index (κ3) is 2.38. The molecule has 0 bridgehead atoms. The van der Waals surface area contributed by atoms with Crippen molar-refractivity contribution in [1.82, 2.24) is 0 Å². The summed E-state index contributed by atoms with van der Waals surface area (Å²) in [6.45, 7) is 4.16. The molecule has 78 valence electrons. The summed E-state index contributed by atoms with van der Waals surface area (Å²) in [7, 11) is 0. The molecule has 4 nitrogen and oxygen atoms in total. The molecule has 1 aromatic rings. The van der Waals surface area contributed by atoms with Crippen LogP contribution in [-0.2, 0) is 0 Å². The van der Waals surface area contributed by atoms with Crippen LogP contribution in [0.1, 0.15) is 29.9 Å². The molecule has 1 aromatic heterocycles. The van der Waals surface area contributed by atoms with Gasteiger partial charge in [0, 0.05) is 6.04 Å². The zero-order valence-corrected chi connectivity index (χ0v) is 9.15. The first-order chi connectivity index (χ1) is 6.54. The zero-order valence-electron chi connectivity index (χ0n) is 8.33. The lowest BCUT2D eigenvalue weighted by atomic mass is 10.3. The van der Waals surface area contributed by atoms with E-state index in [9.17, 15) is 4.79 Å². The summed E-state index contributed by atoms with van der Waals surface area (Å²) >= 11 is 1.30. The Morgan fingerprint density at radius 1 is 1.71 bits per heavy atom. The van der Waals surface area contributed by atoms with Crippen molar-refractivity contribution in [1.29, 1.82) is 0 Å². The number of hydrogen-bond donors (Lipinski definition) is 3. The Morgan fingerprint density at radius 3 is 2.79 bits per heavy atom. The maximum Gasteiger partial charge on any atom is 0.260 e. The van der Waals surface area contributed by atoms with Crippen molar-refractivity contribution in [3.05, 3.63) is 10.9 Å². The van der Waals surface area contributed by atoms with Crippen LogP contribution in [0.3, 0.4) is 0 Å². The van der Waals surface area contributed by atoms with Gasteiger partial charge in [0.25, 0.3) is 5.91 Å². The van der Waals surface area contributed by atoms with Gasteiger partial charge in [0.05, 0.1) is 10.7 Å². The molecule has 1 rings (SSSR count). The highest BCUT2D eigenvalue weighted by atomic mass is 32.1. The van der Waals surface area contributed by atoms with Crippen LogP contribution in [-0.4, -0.2) is 11.9 Å². The van der Waals surface area contributed by atoms with E-state index in [0.29, 0.717) is 16.6 Å². The number of nitrogens with one attached hydrogen (secondary N) is 1. The predicted octanol–water partition coefficient (Wildman–Crippen LogP) is 1.64. The summed E-state index contributed by atoms with van der Waals surface area (Å²) in [5, 5.41) is 4.13. The first kappa shape index (κ1) is 10.8. The second-order valence-electron chi connectivity index (χ2n) is 3.21. The van der Waals surface area contributed by atoms with Gasteiger partial charge >= 0.3 is 0 Å². The lowest BCUT2D eigenvalue weighted by Gasteiger charge is -2.09. The fraction of sp³-hybridized carbons (Fsp3) is 0.444. The molecule has 0 aliphatic carbocycles. The van der Waals surface area contributed by atoms with E-state index in [0.717, 1.165) is 11.4 Å². The molecule has 1 atom stereocenters. The molecule has 14 heavy (non-hydrogen) atoms. The second kappa shape index (κ2) is 4.32. The zero-order chi connectivity index (χ0) is 10.7. The van der Waals surface area contributed by atoms with Crippen molar-refractivity contribution in [2.24, 2.45) is 5.73 Å². The van der Waals surface area contributed by atoms with Crippen molar-refractivity contribution < 1.29 is 4.79 Å². The number of primary amides is 1. The van der Waals surface area contributed by atoms with Gasteiger partial charge in [-0.15, -0.1) is 11.3 Å². The summed E-state index contributed by atoms with van der Waals surface area (Å²) in [4.78, 5) is 11.3. The Hall–Kier alpha value is -1.23. The third-order valence-corrected chi connectivity index (χ3v) is 3.08. The van der Waals surface area contributed by atoms with Crippen LogP contribution in [0.15, 0.2) is 6.07 Å². The topological polar surface area (TPSA) is 81.1 Å². The molecule has 5 N–H and O–H groups in total. The van der Waals surface area contributed by atoms with Gasteiger partial charge in [-0.2, -0.15) is 0 Å². The molecule has 1 amide bonds. The van der Waals surface area contributed by atoms with Gasteiger partial charge < -0.3 is 16.8 Å². The maximum atomic E-state index is 10.9. The van der Waals surface area contributed by atoms with Gasteiger partial charge in [-0.3, -0.25) is 4.79 Å². The van der Waals surface area contributed by atoms with Gasteiger partial charge in [0.15, 0.2) is 0 Å². The van der Waals surface area contributed by atoms with Crippen LogP contribution in [0.25, 0.3) is 0 Å². The van der Waals surface area contributed by atoms with E-state index in [1.807, 2.05) is 0 Å². The maximum absolute atomic E-state index is 10.9. The average Bonchev–Trinajstić information content (AvgIpc) is 2.46. The fourth-order valence-electron chi connectivity index (χ4n) is 1.01. The number of carbonyl (C=O) groups is 1. The molecule has 0 aliphatic rings. The summed E-state index contributed by atoms with van der Waals surface area (Å²) < 4.78 is 0. The highest BCUT2D eigenvalue weighted by molar-refractivity contribution is 7.18. The van der Waals surface area contributed by atoms with Gasteiger partial charge in [-0.25, -0.2) is 0 Å². The Kier molecular flexibility index (Phi) is 3.35. The Labute approximate surface area is 87.3 Å². The third-order valence-electron chi connectivity index (χ3n) is 1.99. The lowest BCUT2D eigenvalue weighted by molar-refractivity contribution is 0.100. The SMILES string of the molecule is CCC(C)Nc1cc(N)c(C(N)=O)s1. The van der Waals surface area contributed by atoms with Gasteiger partial charge in [-0.05, 0) is 19.4 Å². The van der Waals surface area contributed by atoms with Gasteiger partial charge in [0.2, 0.25) is 0 Å². The van der Waals surface area contributed by atoms with E-state index >= 15 is 0 Å². The van der Waals surface area contributed by atoms with E-state index < -0.39 is 5.91 Å². The van der Waals surface area contributed by atoms with E-state index in [1.165, 1.54) is 11.3 Å². The van der Waals surface area contributed by atoms with E-state index in [1.54, 1.807) is 6.07 Å². The van der Waals surface area contributed by atoms with Gasteiger partial charge in [-0.1, -0.05) is 6.92 Å². The lowest BCUT2D eigenvalue weighted by Crippen LogP contribution is -2.12. The molecule has 0 saturated heterocycles. The molecular weight excluding hydrogens is 198 g/mol. The molecule has 0 spiro atoms. The second-order valence-corrected chi connectivity index (χ2v) is 4.27. The number of anilines is 2. The fourth-order valence-corrected chi connectivity index (χ4v) is 1.96. The first-order valence-corrected chi connectivity index (χ1v) is 5.31. The van der Waals surface area contributed by atoms with Crippen LogP contribution in [0.2, 0.25) is 0 Å². The monoisotopic (exact) mass is 213 g/mol. The van der Waals surface area contributed by atoms with Crippen LogP contribution in [0.5, 0.6) is 0 Å². The van der Waals surface area contributed by atoms with Crippen molar-refractivity contribution in [2.45, 2.75) is 26.3 Å². The number of rotatable bonds is 4. The minimum atomic E-state index is -0.468. The molecule has 1 unspecified atom stereocenters. The molecule has 1 heterocycles. The quantitative estimate of drug-likeness (QED) is 0.711. The Bertz CT molecular complexity index is 335. The van der Waals surface area contributed by atoms with E-state index in [4.69, 9.17) is 11.5 Å². The van der Waals surface area contributed by atoms with E-state index in [2.05, 4.69) is 19.2 Å². The van der Waals surface area contributed by atoms with Crippen molar-refractivity contribution >= 4 is 27.9 Å². The number of nitrogen functional groups attached to an aromatic ring is 1. The highest BCUT2D eigenvalue weighted by Crippen LogP contribution is 2.29. The molecule has 0 aromatic carbocycles. The van der Waals surface area contributed by atoms with Crippen molar-refractivity contribution in [3.8, 4) is 0 Å². The number of carbonyl (C=O) groups excluding carboxylic acids is 1. The molecule has 0 radical (unpaired) electrons. The largest absolute Gasteiger partial charge is 0.397 e. The number of amides is 1. The number of hydrogen-bond acceptors (Lipinski definition) is 4. The standard InChI is InChI=1S/C9H15N3OS/c1-3-5(2)12-7-4-6(10)8(14-7)9(11)13/h4-5,12H,3,10H2,1-2H3,(H2,11,13). The summed E-state index contributed by atoms with van der Waals surface area (Å²) in [5.41, 5.74) is 11.2. The summed E-state index contributed by atoms with van der Waals surface area (Å²) in [6, 6.07) is 2.12. The van der Waals surface area contributed by atoms with Crippen LogP contribution < -0.4 is 16.8 Å². The Balaban J connectivity index is 2.81. The van der Waals surface area contributed by atoms with Crippen LogP contribution in [0.4, 0.5) is 10.7 Å². The number of nitrogens with two attached hydrogens (primary N) is 2. The van der Waals surface area contributed by atoms with Crippen LogP contribution in [0, 0.1) is 0 Å². The normalized spacial score (nSPS) is 12.4. The van der Waals surface area contributed by atoms with Crippen molar-refractivity contribution in [3.63, 3.8) is 0 Å². The first-order valence-electron chi connectivity index (χ1n) is 4.50. The molecular formula is C9H15N3OS. The molecule has 0 saturated carbocycles. The molecule has 5 heteroatoms. The van der Waals surface area contributed by atoms with Gasteiger partial charge in [0.1, 0.15) is 4.88 Å². The predicted molar refractivity (Wildman–Crippen MR) is 60.6 cm³/mol. The highest BCUT2D eigenvalue weighted by Gasteiger charge is 2.11. The smallest absolute Gasteiger partial charge is 0.260 e. The minimum absolute atomic E-state index is 0.369. The van der Waals surface area contributed by atoms with Crippen LogP contribution >= 0.6 is 11.3 Å². The summed E-state index contributed by atoms with van der Waals surface area (Å²) in [5.74, 6) is -0.468. The number of thiophene rings is 1. The van der Waals surface area contributed by atoms with E-state index in [-0.39, 0.29) is 0 Å². The average molecular weight is 213 g/mol. The minimum Gasteiger partial charge on any atom is -0.397 e. The Morgan fingerprint density at radius 2 is 2.36 bits per heavy atom. The van der Waals surface area contributed by atoms with Crippen molar-refractivity contribution in [2.75, 3.05) is 11.1 Å². The molecule has 0 fully saturated rings. The summed E-state index contributed by atoms with van der Waals surface area (Å²) in [6.07, 6.45) is 1.02.